The lowest BCUT2D eigenvalue weighted by atomic mass is 10.1. The monoisotopic (exact) mass is 357 g/mol. The summed E-state index contributed by atoms with van der Waals surface area (Å²) in [6.07, 6.45) is 3.04. The summed E-state index contributed by atoms with van der Waals surface area (Å²) in [5.41, 5.74) is 0.933. The molecule has 0 spiro atoms. The third-order valence-electron chi connectivity index (χ3n) is 4.38. The van der Waals surface area contributed by atoms with Crippen molar-refractivity contribution >= 4 is 16.7 Å². The summed E-state index contributed by atoms with van der Waals surface area (Å²) in [6, 6.07) is 17.0. The zero-order valence-electron chi connectivity index (χ0n) is 14.5. The van der Waals surface area contributed by atoms with Gasteiger partial charge in [0.25, 0.3) is 5.56 Å². The van der Waals surface area contributed by atoms with E-state index in [9.17, 15) is 14.4 Å². The first-order valence-corrected chi connectivity index (χ1v) is 8.36. The molecule has 27 heavy (non-hydrogen) atoms. The van der Waals surface area contributed by atoms with Gasteiger partial charge in [0.05, 0.1) is 28.5 Å². The standard InChI is InChI=1S/C21H15N3O3/c1-14(25)15-6-4-7-16(12-15)23-19-10-3-2-9-18(19)20(26)24(21(23)27)17-8-5-11-22-13-17/h2-13H,1H3. The molecule has 2 aromatic heterocycles. The Bertz CT molecular complexity index is 1290. The second-order valence-electron chi connectivity index (χ2n) is 6.09. The van der Waals surface area contributed by atoms with Crippen molar-refractivity contribution in [2.24, 2.45) is 0 Å². The molecule has 0 unspecified atom stereocenters. The van der Waals surface area contributed by atoms with Crippen LogP contribution in [0.1, 0.15) is 17.3 Å². The lowest BCUT2D eigenvalue weighted by Gasteiger charge is -2.14. The van der Waals surface area contributed by atoms with Crippen molar-refractivity contribution in [3.63, 3.8) is 0 Å². The van der Waals surface area contributed by atoms with Gasteiger partial charge < -0.3 is 0 Å². The molecule has 0 bridgehead atoms. The van der Waals surface area contributed by atoms with Crippen molar-refractivity contribution in [2.75, 3.05) is 0 Å². The number of hydrogen-bond donors (Lipinski definition) is 0. The predicted octanol–water partition coefficient (Wildman–Crippen LogP) is 2.74. The number of benzene rings is 2. The molecule has 4 rings (SSSR count). The molecule has 0 saturated carbocycles. The van der Waals surface area contributed by atoms with Gasteiger partial charge in [-0.15, -0.1) is 0 Å². The molecule has 0 aliphatic rings. The van der Waals surface area contributed by atoms with E-state index in [1.165, 1.54) is 17.7 Å². The van der Waals surface area contributed by atoms with Crippen molar-refractivity contribution in [3.8, 4) is 11.4 Å². The van der Waals surface area contributed by atoms with E-state index in [0.29, 0.717) is 27.8 Å². The van der Waals surface area contributed by atoms with Crippen LogP contribution in [-0.4, -0.2) is 19.9 Å². The van der Waals surface area contributed by atoms with Crippen molar-refractivity contribution in [1.82, 2.24) is 14.1 Å². The van der Waals surface area contributed by atoms with Gasteiger partial charge in [-0.05, 0) is 43.3 Å². The van der Waals surface area contributed by atoms with E-state index in [1.807, 2.05) is 0 Å². The molecule has 4 aromatic rings. The quantitative estimate of drug-likeness (QED) is 0.529. The fraction of sp³-hybridized carbons (Fsp3) is 0.0476. The summed E-state index contributed by atoms with van der Waals surface area (Å²) < 4.78 is 2.53. The van der Waals surface area contributed by atoms with Crippen LogP contribution < -0.4 is 11.2 Å². The Kier molecular flexibility index (Phi) is 4.01. The molecule has 0 aliphatic heterocycles. The summed E-state index contributed by atoms with van der Waals surface area (Å²) in [5.74, 6) is -0.102. The van der Waals surface area contributed by atoms with Crippen LogP contribution in [-0.2, 0) is 0 Å². The molecule has 0 N–H and O–H groups in total. The van der Waals surface area contributed by atoms with Gasteiger partial charge in [0.1, 0.15) is 0 Å². The first kappa shape index (κ1) is 16.7. The maximum atomic E-state index is 13.3. The second-order valence-corrected chi connectivity index (χ2v) is 6.09. The van der Waals surface area contributed by atoms with Gasteiger partial charge in [-0.2, -0.15) is 0 Å². The third kappa shape index (κ3) is 2.77. The van der Waals surface area contributed by atoms with Gasteiger partial charge in [0.2, 0.25) is 0 Å². The average Bonchev–Trinajstić information content (AvgIpc) is 2.69. The van der Waals surface area contributed by atoms with Gasteiger partial charge in [-0.3, -0.25) is 19.1 Å². The Balaban J connectivity index is 2.16. The van der Waals surface area contributed by atoms with E-state index in [2.05, 4.69) is 4.98 Å². The number of hydrogen-bond acceptors (Lipinski definition) is 4. The van der Waals surface area contributed by atoms with Crippen LogP contribution in [0.15, 0.2) is 82.6 Å². The number of carbonyl (C=O) groups excluding carboxylic acids is 1. The van der Waals surface area contributed by atoms with Gasteiger partial charge in [-0.1, -0.05) is 24.3 Å². The highest BCUT2D eigenvalue weighted by molar-refractivity contribution is 5.94. The van der Waals surface area contributed by atoms with Crippen molar-refractivity contribution in [1.29, 1.82) is 0 Å². The highest BCUT2D eigenvalue weighted by atomic mass is 16.2. The third-order valence-corrected chi connectivity index (χ3v) is 4.38. The number of pyridine rings is 1. The fourth-order valence-electron chi connectivity index (χ4n) is 3.09. The van der Waals surface area contributed by atoms with Gasteiger partial charge >= 0.3 is 5.69 Å². The summed E-state index contributed by atoms with van der Waals surface area (Å²) >= 11 is 0. The molecule has 2 aromatic carbocycles. The Labute approximate surface area is 154 Å². The molecule has 6 nitrogen and oxygen atoms in total. The molecule has 0 radical (unpaired) electrons. The largest absolute Gasteiger partial charge is 0.340 e. The van der Waals surface area contributed by atoms with E-state index in [-0.39, 0.29) is 5.78 Å². The topological polar surface area (TPSA) is 74.0 Å². The normalized spacial score (nSPS) is 10.9. The number of ketones is 1. The van der Waals surface area contributed by atoms with Crippen LogP contribution in [0.3, 0.4) is 0 Å². The van der Waals surface area contributed by atoms with Gasteiger partial charge in [-0.25, -0.2) is 9.36 Å². The lowest BCUT2D eigenvalue weighted by molar-refractivity contribution is 0.101. The van der Waals surface area contributed by atoms with Crippen LogP contribution in [0.25, 0.3) is 22.3 Å². The molecular formula is C21H15N3O3. The van der Waals surface area contributed by atoms with Gasteiger partial charge in [0, 0.05) is 11.8 Å². The fourth-order valence-corrected chi connectivity index (χ4v) is 3.09. The molecule has 0 amide bonds. The lowest BCUT2D eigenvalue weighted by Crippen LogP contribution is -2.38. The van der Waals surface area contributed by atoms with Crippen molar-refractivity contribution in [2.45, 2.75) is 6.92 Å². The summed E-state index contributed by atoms with van der Waals surface area (Å²) in [4.78, 5) is 42.1. The number of fused-ring (bicyclic) bond motifs is 1. The summed E-state index contributed by atoms with van der Waals surface area (Å²) in [5, 5.41) is 0.397. The maximum absolute atomic E-state index is 13.3. The molecular weight excluding hydrogens is 342 g/mol. The number of aromatic nitrogens is 3. The molecule has 0 fully saturated rings. The van der Waals surface area contributed by atoms with Crippen molar-refractivity contribution in [3.05, 3.63) is 99.5 Å². The van der Waals surface area contributed by atoms with Gasteiger partial charge in [0.15, 0.2) is 5.78 Å². The van der Waals surface area contributed by atoms with E-state index >= 15 is 0 Å². The summed E-state index contributed by atoms with van der Waals surface area (Å²) in [6.45, 7) is 1.47. The van der Waals surface area contributed by atoms with Crippen LogP contribution in [0.5, 0.6) is 0 Å². The first-order chi connectivity index (χ1) is 13.1. The predicted molar refractivity (Wildman–Crippen MR) is 103 cm³/mol. The molecule has 0 atom stereocenters. The minimum absolute atomic E-state index is 0.102. The average molecular weight is 357 g/mol. The highest BCUT2D eigenvalue weighted by Gasteiger charge is 2.16. The van der Waals surface area contributed by atoms with E-state index in [4.69, 9.17) is 0 Å². The first-order valence-electron chi connectivity index (χ1n) is 8.36. The van der Waals surface area contributed by atoms with Crippen LogP contribution >= 0.6 is 0 Å². The molecule has 0 saturated heterocycles. The van der Waals surface area contributed by atoms with E-state index in [0.717, 1.165) is 4.57 Å². The highest BCUT2D eigenvalue weighted by Crippen LogP contribution is 2.16. The molecule has 6 heteroatoms. The molecule has 0 aliphatic carbocycles. The zero-order chi connectivity index (χ0) is 19.0. The maximum Gasteiger partial charge on any atom is 0.340 e. The number of para-hydroxylation sites is 1. The Hall–Kier alpha value is -3.80. The molecule has 2 heterocycles. The number of carbonyl (C=O) groups is 1. The minimum atomic E-state index is -0.521. The summed E-state index contributed by atoms with van der Waals surface area (Å²) in [7, 11) is 0. The van der Waals surface area contributed by atoms with Crippen molar-refractivity contribution < 1.29 is 4.79 Å². The number of nitrogens with zero attached hydrogens (tertiary/aromatic N) is 3. The Morgan fingerprint density at radius 2 is 1.67 bits per heavy atom. The number of rotatable bonds is 3. The van der Waals surface area contributed by atoms with Crippen LogP contribution in [0.4, 0.5) is 0 Å². The van der Waals surface area contributed by atoms with Crippen LogP contribution in [0, 0.1) is 0 Å². The zero-order valence-corrected chi connectivity index (χ0v) is 14.5. The second kappa shape index (κ2) is 6.49. The Morgan fingerprint density at radius 3 is 2.41 bits per heavy atom. The van der Waals surface area contributed by atoms with Crippen LogP contribution in [0.2, 0.25) is 0 Å². The Morgan fingerprint density at radius 1 is 0.889 bits per heavy atom. The smallest absolute Gasteiger partial charge is 0.295 e. The number of Topliss-reactive ketones (excluding diaryl/α,β-unsaturated/α-hetero) is 1. The van der Waals surface area contributed by atoms with E-state index < -0.39 is 11.2 Å². The van der Waals surface area contributed by atoms with E-state index in [1.54, 1.807) is 66.9 Å². The molecule has 132 valence electrons. The SMILES string of the molecule is CC(=O)c1cccc(-n2c(=O)n(-c3cccnc3)c(=O)c3ccccc32)c1. The minimum Gasteiger partial charge on any atom is -0.295 e.